The van der Waals surface area contributed by atoms with Crippen LogP contribution in [-0.2, 0) is 0 Å². The molecule has 0 bridgehead atoms. The van der Waals surface area contributed by atoms with Crippen molar-refractivity contribution < 1.29 is 9.84 Å². The van der Waals surface area contributed by atoms with Crippen molar-refractivity contribution in [2.24, 2.45) is 0 Å². The molecule has 0 saturated heterocycles. The number of benzene rings is 1. The molecule has 90 valence electrons. The van der Waals surface area contributed by atoms with E-state index in [9.17, 15) is 5.11 Å². The van der Waals surface area contributed by atoms with Gasteiger partial charge in [0.1, 0.15) is 12.4 Å². The third-order valence-electron chi connectivity index (χ3n) is 2.25. The van der Waals surface area contributed by atoms with Gasteiger partial charge in [-0.3, -0.25) is 4.98 Å². The van der Waals surface area contributed by atoms with E-state index in [2.05, 4.69) is 27.6 Å². The van der Waals surface area contributed by atoms with Gasteiger partial charge in [0.15, 0.2) is 0 Å². The first-order valence-electron chi connectivity index (χ1n) is 5.35. The number of halogens is 1. The van der Waals surface area contributed by atoms with E-state index in [1.807, 2.05) is 24.3 Å². The summed E-state index contributed by atoms with van der Waals surface area (Å²) in [4.78, 5) is 4.30. The topological polar surface area (TPSA) is 42.4 Å². The summed E-state index contributed by atoms with van der Waals surface area (Å²) in [6, 6.07) is 7.76. The zero-order valence-corrected chi connectivity index (χ0v) is 11.9. The highest BCUT2D eigenvalue weighted by atomic mass is 127. The summed E-state index contributed by atoms with van der Waals surface area (Å²) in [5, 5.41) is 10.7. The van der Waals surface area contributed by atoms with Crippen LogP contribution in [0.3, 0.4) is 0 Å². The fraction of sp³-hybridized carbons (Fsp3) is 0.308. The molecule has 0 aliphatic heterocycles. The molecule has 17 heavy (non-hydrogen) atoms. The number of fused-ring (bicyclic) bond motifs is 1. The minimum absolute atomic E-state index is 0.266. The molecule has 0 spiro atoms. The standard InChI is InChI=1S/C13H14INO2/c1-13(2,16)8-17-9-3-4-10-11(14)5-6-15-12(10)7-9/h3-7,16H,8H2,1-2H3. The normalized spacial score (nSPS) is 11.8. The minimum atomic E-state index is -0.826. The number of pyridine rings is 1. The monoisotopic (exact) mass is 343 g/mol. The highest BCUT2D eigenvalue weighted by Gasteiger charge is 2.13. The van der Waals surface area contributed by atoms with Crippen LogP contribution in [0.25, 0.3) is 10.9 Å². The van der Waals surface area contributed by atoms with E-state index in [4.69, 9.17) is 4.74 Å². The second-order valence-corrected chi connectivity index (χ2v) is 5.74. The summed E-state index contributed by atoms with van der Waals surface area (Å²) in [5.41, 5.74) is 0.0816. The molecule has 1 aromatic heterocycles. The molecule has 1 N–H and O–H groups in total. The molecule has 0 amide bonds. The van der Waals surface area contributed by atoms with Crippen LogP contribution in [0.1, 0.15) is 13.8 Å². The number of ether oxygens (including phenoxy) is 1. The van der Waals surface area contributed by atoms with Gasteiger partial charge in [0.25, 0.3) is 0 Å². The molecule has 0 saturated carbocycles. The largest absolute Gasteiger partial charge is 0.491 e. The van der Waals surface area contributed by atoms with Crippen molar-refractivity contribution in [1.82, 2.24) is 4.98 Å². The molecule has 0 aliphatic carbocycles. The van der Waals surface area contributed by atoms with E-state index in [0.29, 0.717) is 0 Å². The van der Waals surface area contributed by atoms with Gasteiger partial charge in [-0.2, -0.15) is 0 Å². The first kappa shape index (κ1) is 12.6. The van der Waals surface area contributed by atoms with E-state index in [1.54, 1.807) is 20.0 Å². The Bertz CT molecular complexity index is 534. The molecule has 0 aliphatic rings. The Labute approximate surface area is 114 Å². The van der Waals surface area contributed by atoms with Crippen LogP contribution < -0.4 is 4.74 Å². The summed E-state index contributed by atoms with van der Waals surface area (Å²) >= 11 is 2.28. The van der Waals surface area contributed by atoms with Gasteiger partial charge in [-0.15, -0.1) is 0 Å². The zero-order valence-electron chi connectivity index (χ0n) is 9.77. The fourth-order valence-corrected chi connectivity index (χ4v) is 2.06. The van der Waals surface area contributed by atoms with Crippen LogP contribution in [0.4, 0.5) is 0 Å². The Kier molecular flexibility index (Phi) is 3.53. The van der Waals surface area contributed by atoms with Gasteiger partial charge in [0, 0.05) is 21.2 Å². The Morgan fingerprint density at radius 3 is 2.82 bits per heavy atom. The second-order valence-electron chi connectivity index (χ2n) is 4.57. The van der Waals surface area contributed by atoms with Gasteiger partial charge in [-0.1, -0.05) is 0 Å². The van der Waals surface area contributed by atoms with Crippen LogP contribution in [0.15, 0.2) is 30.5 Å². The lowest BCUT2D eigenvalue weighted by molar-refractivity contribution is 0.0285. The summed E-state index contributed by atoms with van der Waals surface area (Å²) in [6.07, 6.45) is 1.78. The van der Waals surface area contributed by atoms with Crippen molar-refractivity contribution in [3.63, 3.8) is 0 Å². The summed E-state index contributed by atoms with van der Waals surface area (Å²) in [6.45, 7) is 3.70. The average Bonchev–Trinajstić information content (AvgIpc) is 2.26. The van der Waals surface area contributed by atoms with Gasteiger partial charge < -0.3 is 9.84 Å². The highest BCUT2D eigenvalue weighted by molar-refractivity contribution is 14.1. The van der Waals surface area contributed by atoms with Crippen molar-refractivity contribution in [3.05, 3.63) is 34.0 Å². The molecule has 0 unspecified atom stereocenters. The maximum atomic E-state index is 9.59. The van der Waals surface area contributed by atoms with Crippen molar-refractivity contribution in [2.45, 2.75) is 19.4 Å². The number of rotatable bonds is 3. The Balaban J connectivity index is 2.26. The van der Waals surface area contributed by atoms with Gasteiger partial charge in [-0.25, -0.2) is 0 Å². The first-order valence-corrected chi connectivity index (χ1v) is 6.43. The molecule has 3 nitrogen and oxygen atoms in total. The zero-order chi connectivity index (χ0) is 12.5. The van der Waals surface area contributed by atoms with Crippen LogP contribution in [0.2, 0.25) is 0 Å². The summed E-state index contributed by atoms with van der Waals surface area (Å²) in [5.74, 6) is 0.731. The lowest BCUT2D eigenvalue weighted by atomic mass is 10.1. The van der Waals surface area contributed by atoms with Crippen LogP contribution >= 0.6 is 22.6 Å². The Morgan fingerprint density at radius 1 is 1.35 bits per heavy atom. The molecule has 4 heteroatoms. The van der Waals surface area contributed by atoms with E-state index < -0.39 is 5.60 Å². The van der Waals surface area contributed by atoms with Gasteiger partial charge in [0.2, 0.25) is 0 Å². The van der Waals surface area contributed by atoms with Crippen LogP contribution in [0.5, 0.6) is 5.75 Å². The minimum Gasteiger partial charge on any atom is -0.491 e. The van der Waals surface area contributed by atoms with Crippen molar-refractivity contribution in [3.8, 4) is 5.75 Å². The number of hydrogen-bond acceptors (Lipinski definition) is 3. The number of aliphatic hydroxyl groups is 1. The third-order valence-corrected chi connectivity index (χ3v) is 3.19. The summed E-state index contributed by atoms with van der Waals surface area (Å²) < 4.78 is 6.69. The van der Waals surface area contributed by atoms with Crippen molar-refractivity contribution in [2.75, 3.05) is 6.61 Å². The first-order chi connectivity index (χ1) is 7.96. The maximum absolute atomic E-state index is 9.59. The van der Waals surface area contributed by atoms with Gasteiger partial charge >= 0.3 is 0 Å². The molecule has 2 rings (SSSR count). The highest BCUT2D eigenvalue weighted by Crippen LogP contribution is 2.23. The van der Waals surface area contributed by atoms with Crippen LogP contribution in [-0.4, -0.2) is 22.3 Å². The Morgan fingerprint density at radius 2 is 2.12 bits per heavy atom. The molecular formula is C13H14INO2. The molecular weight excluding hydrogens is 329 g/mol. The Hall–Kier alpha value is -0.880. The van der Waals surface area contributed by atoms with Gasteiger partial charge in [0.05, 0.1) is 11.1 Å². The van der Waals surface area contributed by atoms with E-state index in [1.165, 1.54) is 3.57 Å². The van der Waals surface area contributed by atoms with Crippen molar-refractivity contribution >= 4 is 33.5 Å². The predicted octanol–water partition coefficient (Wildman–Crippen LogP) is 2.99. The quantitative estimate of drug-likeness (QED) is 0.872. The van der Waals surface area contributed by atoms with Crippen molar-refractivity contribution in [1.29, 1.82) is 0 Å². The predicted molar refractivity (Wildman–Crippen MR) is 76.3 cm³/mol. The fourth-order valence-electron chi connectivity index (χ4n) is 1.44. The van der Waals surface area contributed by atoms with E-state index in [-0.39, 0.29) is 6.61 Å². The third kappa shape index (κ3) is 3.29. The van der Waals surface area contributed by atoms with Crippen LogP contribution in [0, 0.1) is 3.57 Å². The maximum Gasteiger partial charge on any atom is 0.121 e. The number of nitrogens with zero attached hydrogens (tertiary/aromatic N) is 1. The lowest BCUT2D eigenvalue weighted by Gasteiger charge is -2.17. The SMILES string of the molecule is CC(C)(O)COc1ccc2c(I)ccnc2c1. The second kappa shape index (κ2) is 4.78. The summed E-state index contributed by atoms with van der Waals surface area (Å²) in [7, 11) is 0. The lowest BCUT2D eigenvalue weighted by Crippen LogP contribution is -2.27. The smallest absolute Gasteiger partial charge is 0.121 e. The van der Waals surface area contributed by atoms with Gasteiger partial charge in [-0.05, 0) is 54.6 Å². The molecule has 0 radical (unpaired) electrons. The molecule has 0 fully saturated rings. The van der Waals surface area contributed by atoms with E-state index >= 15 is 0 Å². The molecule has 1 heterocycles. The number of hydrogen-bond donors (Lipinski definition) is 1. The molecule has 0 atom stereocenters. The average molecular weight is 343 g/mol. The molecule has 2 aromatic rings. The number of aromatic nitrogens is 1. The molecule has 1 aromatic carbocycles. The van der Waals surface area contributed by atoms with E-state index in [0.717, 1.165) is 16.7 Å².